The molecule has 0 saturated carbocycles. The summed E-state index contributed by atoms with van der Waals surface area (Å²) in [7, 11) is 0. The number of thioether (sulfide) groups is 1. The van der Waals surface area contributed by atoms with E-state index in [1.54, 1.807) is 30.1 Å². The van der Waals surface area contributed by atoms with Crippen molar-refractivity contribution >= 4 is 35.7 Å². The molecule has 37 heavy (non-hydrogen) atoms. The third-order valence-electron chi connectivity index (χ3n) is 4.77. The number of carbonyl (C=O) groups is 2. The average molecular weight is 526 g/mol. The molecule has 0 aliphatic heterocycles. The van der Waals surface area contributed by atoms with E-state index >= 15 is 0 Å². The third kappa shape index (κ3) is 14.0. The number of aromatic nitrogens is 2. The van der Waals surface area contributed by atoms with Gasteiger partial charge in [-0.1, -0.05) is 39.0 Å². The van der Waals surface area contributed by atoms with Gasteiger partial charge in [0.05, 0.1) is 6.10 Å². The van der Waals surface area contributed by atoms with Gasteiger partial charge in [0, 0.05) is 46.9 Å². The maximum Gasteiger partial charge on any atom is 0.251 e. The Bertz CT molecular complexity index is 1020. The summed E-state index contributed by atoms with van der Waals surface area (Å²) in [6.45, 7) is 9.00. The summed E-state index contributed by atoms with van der Waals surface area (Å²) >= 11 is 1.74. The van der Waals surface area contributed by atoms with Crippen LogP contribution in [0.5, 0.6) is 0 Å². The predicted molar refractivity (Wildman–Crippen MR) is 152 cm³/mol. The quantitative estimate of drug-likeness (QED) is 0.150. The van der Waals surface area contributed by atoms with E-state index in [9.17, 15) is 14.7 Å². The lowest BCUT2D eigenvalue weighted by atomic mass is 10.1. The number of nitrogens with one attached hydrogen (secondary N) is 3. The molecule has 2 aromatic carbocycles. The number of hydrogen-bond donors (Lipinski definition) is 4. The molecule has 8 nitrogen and oxygen atoms in total. The second-order valence-corrected chi connectivity index (χ2v) is 8.73. The van der Waals surface area contributed by atoms with E-state index in [0.717, 1.165) is 30.1 Å². The van der Waals surface area contributed by atoms with Crippen molar-refractivity contribution in [3.63, 3.8) is 0 Å². The van der Waals surface area contributed by atoms with Crippen molar-refractivity contribution < 1.29 is 14.7 Å². The van der Waals surface area contributed by atoms with Crippen molar-refractivity contribution in [2.24, 2.45) is 0 Å². The summed E-state index contributed by atoms with van der Waals surface area (Å²) in [5.74, 6) is 1.30. The molecule has 0 aliphatic carbocycles. The number of anilines is 2. The minimum Gasteiger partial charge on any atom is -0.393 e. The predicted octanol–water partition coefficient (Wildman–Crippen LogP) is 4.97. The number of amides is 2. The summed E-state index contributed by atoms with van der Waals surface area (Å²) in [6, 6.07) is 19.1. The number of nitrogens with zero attached hydrogens (tertiary/aromatic N) is 2. The number of aliphatic hydroxyl groups excluding tert-OH is 1. The number of aryl methyl sites for hydroxylation is 1. The van der Waals surface area contributed by atoms with Crippen molar-refractivity contribution in [3.8, 4) is 0 Å². The van der Waals surface area contributed by atoms with E-state index in [1.165, 1.54) is 4.90 Å². The molecule has 1 aromatic heterocycles. The minimum absolute atomic E-state index is 0.147. The SMILES string of the molecule is CC.CCC(O)CCNC(=O)c1ccc(Nc2nccc(C)n2)cc1.O=CNCCSc1ccccc1. The zero-order valence-electron chi connectivity index (χ0n) is 22.1. The molecule has 3 aromatic rings. The zero-order chi connectivity index (χ0) is 27.3. The lowest BCUT2D eigenvalue weighted by molar-refractivity contribution is -0.109. The highest BCUT2D eigenvalue weighted by Crippen LogP contribution is 2.16. The molecular formula is C28H39N5O3S. The molecule has 0 spiro atoms. The number of hydrogen-bond acceptors (Lipinski definition) is 7. The molecule has 1 heterocycles. The first-order valence-electron chi connectivity index (χ1n) is 12.5. The summed E-state index contributed by atoms with van der Waals surface area (Å²) in [5.41, 5.74) is 2.27. The second kappa shape index (κ2) is 19.7. The summed E-state index contributed by atoms with van der Waals surface area (Å²) < 4.78 is 0. The first kappa shape index (κ1) is 31.6. The Kier molecular flexibility index (Phi) is 16.8. The Labute approximate surface area is 224 Å². The molecule has 0 aliphatic rings. The highest BCUT2D eigenvalue weighted by Gasteiger charge is 2.07. The molecule has 0 bridgehead atoms. The van der Waals surface area contributed by atoms with E-state index in [0.29, 0.717) is 30.9 Å². The fraction of sp³-hybridized carbons (Fsp3) is 0.357. The lowest BCUT2D eigenvalue weighted by Crippen LogP contribution is -2.26. The van der Waals surface area contributed by atoms with E-state index in [4.69, 9.17) is 0 Å². The molecule has 0 fully saturated rings. The first-order valence-corrected chi connectivity index (χ1v) is 13.5. The van der Waals surface area contributed by atoms with Crippen LogP contribution in [0.2, 0.25) is 0 Å². The smallest absolute Gasteiger partial charge is 0.251 e. The van der Waals surface area contributed by atoms with Gasteiger partial charge in [-0.25, -0.2) is 9.97 Å². The van der Waals surface area contributed by atoms with Gasteiger partial charge in [-0.05, 0) is 62.2 Å². The van der Waals surface area contributed by atoms with Gasteiger partial charge in [0.2, 0.25) is 12.4 Å². The fourth-order valence-electron chi connectivity index (χ4n) is 2.81. The largest absolute Gasteiger partial charge is 0.393 e. The molecule has 0 radical (unpaired) electrons. The zero-order valence-corrected chi connectivity index (χ0v) is 22.9. The fourth-order valence-corrected chi connectivity index (χ4v) is 3.61. The Morgan fingerprint density at radius 1 is 1.05 bits per heavy atom. The van der Waals surface area contributed by atoms with Gasteiger partial charge in [-0.3, -0.25) is 9.59 Å². The maximum atomic E-state index is 12.0. The van der Waals surface area contributed by atoms with Gasteiger partial charge in [0.25, 0.3) is 5.91 Å². The van der Waals surface area contributed by atoms with Crippen LogP contribution in [0.15, 0.2) is 71.8 Å². The van der Waals surface area contributed by atoms with Gasteiger partial charge in [-0.2, -0.15) is 0 Å². The van der Waals surface area contributed by atoms with Crippen molar-refractivity contribution in [1.29, 1.82) is 0 Å². The monoisotopic (exact) mass is 525 g/mol. The number of aliphatic hydroxyl groups is 1. The molecule has 2 amide bonds. The van der Waals surface area contributed by atoms with Gasteiger partial charge in [-0.15, -0.1) is 11.8 Å². The highest BCUT2D eigenvalue weighted by atomic mass is 32.2. The first-order chi connectivity index (χ1) is 18.0. The van der Waals surface area contributed by atoms with Gasteiger partial charge < -0.3 is 21.1 Å². The Hall–Kier alpha value is -3.43. The van der Waals surface area contributed by atoms with Crippen LogP contribution in [-0.4, -0.2) is 52.3 Å². The Balaban J connectivity index is 0.000000411. The molecule has 1 atom stereocenters. The molecule has 1 unspecified atom stereocenters. The molecule has 9 heteroatoms. The van der Waals surface area contributed by atoms with Crippen molar-refractivity contribution in [1.82, 2.24) is 20.6 Å². The Morgan fingerprint density at radius 3 is 2.38 bits per heavy atom. The highest BCUT2D eigenvalue weighted by molar-refractivity contribution is 7.99. The van der Waals surface area contributed by atoms with Crippen LogP contribution in [0.1, 0.15) is 49.7 Å². The van der Waals surface area contributed by atoms with E-state index in [1.807, 2.05) is 64.1 Å². The van der Waals surface area contributed by atoms with Crippen LogP contribution in [-0.2, 0) is 4.79 Å². The van der Waals surface area contributed by atoms with Crippen LogP contribution >= 0.6 is 11.8 Å². The molecule has 200 valence electrons. The molecule has 4 N–H and O–H groups in total. The van der Waals surface area contributed by atoms with Crippen molar-refractivity contribution in [2.45, 2.75) is 51.5 Å². The van der Waals surface area contributed by atoms with Crippen LogP contribution in [0, 0.1) is 6.92 Å². The van der Waals surface area contributed by atoms with Crippen LogP contribution < -0.4 is 16.0 Å². The second-order valence-electron chi connectivity index (χ2n) is 7.56. The van der Waals surface area contributed by atoms with E-state index in [-0.39, 0.29) is 12.0 Å². The molecular weight excluding hydrogens is 486 g/mol. The summed E-state index contributed by atoms with van der Waals surface area (Å²) in [5, 5.41) is 18.0. The van der Waals surface area contributed by atoms with Crippen LogP contribution in [0.4, 0.5) is 11.6 Å². The van der Waals surface area contributed by atoms with E-state index in [2.05, 4.69) is 38.1 Å². The van der Waals surface area contributed by atoms with Crippen LogP contribution in [0.25, 0.3) is 0 Å². The van der Waals surface area contributed by atoms with Crippen LogP contribution in [0.3, 0.4) is 0 Å². The third-order valence-corrected chi connectivity index (χ3v) is 5.79. The van der Waals surface area contributed by atoms with Crippen molar-refractivity contribution in [2.75, 3.05) is 24.2 Å². The lowest BCUT2D eigenvalue weighted by Gasteiger charge is -2.09. The van der Waals surface area contributed by atoms with Gasteiger partial charge >= 0.3 is 0 Å². The van der Waals surface area contributed by atoms with Gasteiger partial charge in [0.1, 0.15) is 0 Å². The topological polar surface area (TPSA) is 116 Å². The summed E-state index contributed by atoms with van der Waals surface area (Å²) in [4.78, 5) is 31.5. The minimum atomic E-state index is -0.365. The number of carbonyl (C=O) groups excluding carboxylic acids is 2. The standard InChI is InChI=1S/C17H22N4O2.C9H11NOS.C2H6/c1-3-15(22)9-11-18-16(23)13-4-6-14(7-5-13)21-17-19-10-8-12(2)20-17;11-8-10-6-7-12-9-4-2-1-3-5-9;1-2/h4-8,10,15,22H,3,9,11H2,1-2H3,(H,18,23)(H,19,20,21);1-5,8H,6-7H2,(H,10,11);1-2H3. The van der Waals surface area contributed by atoms with Crippen molar-refractivity contribution in [3.05, 3.63) is 78.1 Å². The Morgan fingerprint density at radius 2 is 1.76 bits per heavy atom. The molecule has 3 rings (SSSR count). The normalized spacial score (nSPS) is 10.5. The number of benzene rings is 2. The van der Waals surface area contributed by atoms with E-state index < -0.39 is 0 Å². The van der Waals surface area contributed by atoms with Gasteiger partial charge in [0.15, 0.2) is 0 Å². The average Bonchev–Trinajstić information content (AvgIpc) is 2.93. The maximum absolute atomic E-state index is 12.0. The summed E-state index contributed by atoms with van der Waals surface area (Å²) in [6.07, 6.45) is 3.31. The number of rotatable bonds is 12. The molecule has 0 saturated heterocycles.